The average molecular weight is 318 g/mol. The summed E-state index contributed by atoms with van der Waals surface area (Å²) in [5.41, 5.74) is 7.55. The van der Waals surface area contributed by atoms with E-state index in [0.717, 1.165) is 16.0 Å². The van der Waals surface area contributed by atoms with Gasteiger partial charge >= 0.3 is 5.97 Å². The third kappa shape index (κ3) is 3.08. The molecule has 0 amide bonds. The maximum absolute atomic E-state index is 10.8. The van der Waals surface area contributed by atoms with Crippen molar-refractivity contribution in [1.82, 2.24) is 0 Å². The number of carbonyl (C=O) groups is 1. The van der Waals surface area contributed by atoms with Gasteiger partial charge in [-0.25, -0.2) is 0 Å². The van der Waals surface area contributed by atoms with Crippen LogP contribution in [0, 0.1) is 0 Å². The predicted octanol–water partition coefficient (Wildman–Crippen LogP) is 3.59. The van der Waals surface area contributed by atoms with Gasteiger partial charge in [0.2, 0.25) is 0 Å². The van der Waals surface area contributed by atoms with Crippen molar-refractivity contribution >= 4 is 46.0 Å². The van der Waals surface area contributed by atoms with E-state index in [4.69, 9.17) is 34.0 Å². The molecule has 2 rings (SSSR count). The van der Waals surface area contributed by atoms with Crippen molar-refractivity contribution in [3.8, 4) is 0 Å². The Kier molecular flexibility index (Phi) is 4.46. The summed E-state index contributed by atoms with van der Waals surface area (Å²) in [6, 6.07) is 4.93. The monoisotopic (exact) mass is 317 g/mol. The fourth-order valence-corrected chi connectivity index (χ4v) is 4.11. The van der Waals surface area contributed by atoms with Crippen LogP contribution in [0.2, 0.25) is 5.02 Å². The summed E-state index contributed by atoms with van der Waals surface area (Å²) < 4.78 is 0. The van der Waals surface area contributed by atoms with Gasteiger partial charge in [-0.15, -0.1) is 11.8 Å². The third-order valence-electron chi connectivity index (χ3n) is 2.97. The zero-order chi connectivity index (χ0) is 14.2. The molecule has 0 spiro atoms. The minimum atomic E-state index is -0.932. The van der Waals surface area contributed by atoms with Gasteiger partial charge in [0.15, 0.2) is 0 Å². The van der Waals surface area contributed by atoms with Crippen LogP contribution in [-0.2, 0) is 4.79 Å². The molecule has 3 nitrogen and oxygen atoms in total. The molecule has 1 aromatic rings. The molecule has 0 fully saturated rings. The lowest BCUT2D eigenvalue weighted by Crippen LogP contribution is -2.31. The molecule has 1 aliphatic heterocycles. The van der Waals surface area contributed by atoms with Crippen LogP contribution in [0.1, 0.15) is 18.9 Å². The van der Waals surface area contributed by atoms with Gasteiger partial charge in [-0.05, 0) is 30.7 Å². The number of thioether (sulfide) groups is 1. The first-order chi connectivity index (χ1) is 8.90. The molecule has 1 aromatic carbocycles. The number of benzene rings is 1. The summed E-state index contributed by atoms with van der Waals surface area (Å²) in [4.78, 5) is 11.8. The van der Waals surface area contributed by atoms with Crippen molar-refractivity contribution in [2.24, 2.45) is 5.73 Å². The standard InChI is InChI=1S/C13H13Cl2NO2S/c1-6-12(9(16)5-11(17)18)13(15)8-4-7(14)2-3-10(8)19-6/h2-4,6,9H,5,16H2,1H3,(H,17,18). The number of carboxylic acid groups (broad SMARTS) is 1. The SMILES string of the molecule is CC1Sc2ccc(Cl)cc2C(Cl)=C1C(N)CC(=O)O. The van der Waals surface area contributed by atoms with Crippen molar-refractivity contribution in [3.05, 3.63) is 34.4 Å². The van der Waals surface area contributed by atoms with Crippen molar-refractivity contribution in [2.75, 3.05) is 0 Å². The summed E-state index contributed by atoms with van der Waals surface area (Å²) in [6.07, 6.45) is -0.133. The van der Waals surface area contributed by atoms with Crippen LogP contribution in [-0.4, -0.2) is 22.4 Å². The second kappa shape index (κ2) is 5.75. The molecule has 6 heteroatoms. The number of aliphatic carboxylic acids is 1. The molecule has 0 saturated heterocycles. The quantitative estimate of drug-likeness (QED) is 0.894. The maximum Gasteiger partial charge on any atom is 0.305 e. The van der Waals surface area contributed by atoms with Crippen molar-refractivity contribution < 1.29 is 9.90 Å². The summed E-state index contributed by atoms with van der Waals surface area (Å²) >= 11 is 14.0. The minimum absolute atomic E-state index is 0.0514. The highest BCUT2D eigenvalue weighted by atomic mass is 35.5. The number of fused-ring (bicyclic) bond motifs is 1. The molecule has 2 unspecified atom stereocenters. The second-order valence-electron chi connectivity index (χ2n) is 4.37. The molecular formula is C13H13Cl2NO2S. The van der Waals surface area contributed by atoms with Gasteiger partial charge in [0.25, 0.3) is 0 Å². The van der Waals surface area contributed by atoms with Gasteiger partial charge in [0, 0.05) is 26.8 Å². The highest BCUT2D eigenvalue weighted by Crippen LogP contribution is 2.45. The van der Waals surface area contributed by atoms with E-state index in [1.54, 1.807) is 17.8 Å². The van der Waals surface area contributed by atoms with Gasteiger partial charge in [0.1, 0.15) is 0 Å². The Hall–Kier alpha value is -0.680. The molecule has 102 valence electrons. The highest BCUT2D eigenvalue weighted by molar-refractivity contribution is 8.00. The van der Waals surface area contributed by atoms with E-state index in [2.05, 4.69) is 0 Å². The third-order valence-corrected chi connectivity index (χ3v) is 4.84. The van der Waals surface area contributed by atoms with Gasteiger partial charge < -0.3 is 10.8 Å². The van der Waals surface area contributed by atoms with Gasteiger partial charge in [-0.1, -0.05) is 23.2 Å². The average Bonchev–Trinajstić information content (AvgIpc) is 2.29. The number of halogens is 2. The number of nitrogens with two attached hydrogens (primary N) is 1. The van der Waals surface area contributed by atoms with Crippen LogP contribution in [0.25, 0.3) is 5.03 Å². The minimum Gasteiger partial charge on any atom is -0.481 e. The lowest BCUT2D eigenvalue weighted by atomic mass is 9.98. The van der Waals surface area contributed by atoms with Crippen molar-refractivity contribution in [3.63, 3.8) is 0 Å². The Labute approximate surface area is 125 Å². The summed E-state index contributed by atoms with van der Waals surface area (Å²) in [5.74, 6) is -0.932. The van der Waals surface area contributed by atoms with Crippen LogP contribution in [0.4, 0.5) is 0 Å². The Balaban J connectivity index is 2.46. The normalized spacial score (nSPS) is 20.1. The number of hydrogen-bond donors (Lipinski definition) is 2. The van der Waals surface area contributed by atoms with Crippen LogP contribution in [0.15, 0.2) is 28.7 Å². The summed E-state index contributed by atoms with van der Waals surface area (Å²) in [7, 11) is 0. The molecule has 0 radical (unpaired) electrons. The topological polar surface area (TPSA) is 63.3 Å². The largest absolute Gasteiger partial charge is 0.481 e. The van der Waals surface area contributed by atoms with Crippen LogP contribution in [0.3, 0.4) is 0 Å². The molecule has 1 aliphatic rings. The molecule has 0 aromatic heterocycles. The first-order valence-corrected chi connectivity index (χ1v) is 7.37. The van der Waals surface area contributed by atoms with E-state index in [9.17, 15) is 4.79 Å². The predicted molar refractivity (Wildman–Crippen MR) is 79.8 cm³/mol. The van der Waals surface area contributed by atoms with Crippen LogP contribution >= 0.6 is 35.0 Å². The van der Waals surface area contributed by atoms with E-state index in [0.29, 0.717) is 10.1 Å². The Morgan fingerprint density at radius 3 is 2.84 bits per heavy atom. The van der Waals surface area contributed by atoms with Gasteiger partial charge in [-0.3, -0.25) is 4.79 Å². The zero-order valence-corrected chi connectivity index (χ0v) is 12.5. The highest BCUT2D eigenvalue weighted by Gasteiger charge is 2.29. The van der Waals surface area contributed by atoms with E-state index in [1.807, 2.05) is 19.1 Å². The van der Waals surface area contributed by atoms with E-state index in [-0.39, 0.29) is 11.7 Å². The van der Waals surface area contributed by atoms with Crippen LogP contribution in [0.5, 0.6) is 0 Å². The zero-order valence-electron chi connectivity index (χ0n) is 10.2. The smallest absolute Gasteiger partial charge is 0.305 e. The van der Waals surface area contributed by atoms with E-state index in [1.165, 1.54) is 0 Å². The number of carboxylic acids is 1. The summed E-state index contributed by atoms with van der Waals surface area (Å²) in [6.45, 7) is 1.97. The lowest BCUT2D eigenvalue weighted by molar-refractivity contribution is -0.137. The second-order valence-corrected chi connectivity index (χ2v) is 6.57. The van der Waals surface area contributed by atoms with Gasteiger partial charge in [0.05, 0.1) is 11.5 Å². The first kappa shape index (κ1) is 14.7. The molecule has 2 atom stereocenters. The van der Waals surface area contributed by atoms with E-state index >= 15 is 0 Å². The molecule has 19 heavy (non-hydrogen) atoms. The van der Waals surface area contributed by atoms with E-state index < -0.39 is 12.0 Å². The molecule has 3 N–H and O–H groups in total. The molecular weight excluding hydrogens is 305 g/mol. The maximum atomic E-state index is 10.8. The van der Waals surface area contributed by atoms with Crippen molar-refractivity contribution in [2.45, 2.75) is 29.5 Å². The van der Waals surface area contributed by atoms with Gasteiger partial charge in [-0.2, -0.15) is 0 Å². The fraction of sp³-hybridized carbons (Fsp3) is 0.308. The Morgan fingerprint density at radius 1 is 1.53 bits per heavy atom. The molecule has 0 saturated carbocycles. The molecule has 0 bridgehead atoms. The Bertz CT molecular complexity index is 560. The van der Waals surface area contributed by atoms with Crippen LogP contribution < -0.4 is 5.73 Å². The van der Waals surface area contributed by atoms with Crippen molar-refractivity contribution in [1.29, 1.82) is 0 Å². The molecule has 1 heterocycles. The lowest BCUT2D eigenvalue weighted by Gasteiger charge is -2.28. The number of rotatable bonds is 3. The summed E-state index contributed by atoms with van der Waals surface area (Å²) in [5, 5.41) is 10.0. The Morgan fingerprint density at radius 2 is 2.21 bits per heavy atom. The molecule has 0 aliphatic carbocycles. The fourth-order valence-electron chi connectivity index (χ4n) is 2.13. The first-order valence-electron chi connectivity index (χ1n) is 5.73. The number of hydrogen-bond acceptors (Lipinski definition) is 3.